The Kier molecular flexibility index (Phi) is 4.11. The van der Waals surface area contributed by atoms with Crippen LogP contribution in [0, 0.1) is 0 Å². The fraction of sp³-hybridized carbons (Fsp3) is 0.381. The first-order chi connectivity index (χ1) is 11.8. The van der Waals surface area contributed by atoms with Crippen molar-refractivity contribution >= 4 is 5.91 Å². The Labute approximate surface area is 143 Å². The van der Waals surface area contributed by atoms with Crippen LogP contribution in [0.3, 0.4) is 0 Å². The molecule has 124 valence electrons. The van der Waals surface area contributed by atoms with Gasteiger partial charge in [0.05, 0.1) is 6.04 Å². The lowest BCUT2D eigenvalue weighted by Gasteiger charge is -2.47. The van der Waals surface area contributed by atoms with Crippen molar-refractivity contribution in [1.82, 2.24) is 9.80 Å². The van der Waals surface area contributed by atoms with Crippen molar-refractivity contribution in [2.24, 2.45) is 0 Å². The van der Waals surface area contributed by atoms with Crippen molar-refractivity contribution < 1.29 is 4.79 Å². The van der Waals surface area contributed by atoms with Crippen molar-refractivity contribution in [1.29, 1.82) is 0 Å². The molecule has 4 rings (SSSR count). The smallest absolute Gasteiger partial charge is 0.222 e. The van der Waals surface area contributed by atoms with E-state index < -0.39 is 0 Å². The molecule has 2 aromatic carbocycles. The maximum absolute atomic E-state index is 12.1. The molecule has 2 aliphatic heterocycles. The number of carbonyl (C=O) groups is 1. The van der Waals surface area contributed by atoms with E-state index in [0.717, 1.165) is 26.2 Å². The number of rotatable bonds is 2. The van der Waals surface area contributed by atoms with Crippen molar-refractivity contribution in [3.05, 3.63) is 71.3 Å². The van der Waals surface area contributed by atoms with E-state index in [1.165, 1.54) is 16.7 Å². The summed E-state index contributed by atoms with van der Waals surface area (Å²) in [6.45, 7) is 5.64. The minimum absolute atomic E-state index is 0.275. The van der Waals surface area contributed by atoms with Crippen molar-refractivity contribution in [3.8, 4) is 0 Å². The van der Waals surface area contributed by atoms with Crippen molar-refractivity contribution in [2.45, 2.75) is 25.3 Å². The van der Waals surface area contributed by atoms with Crippen LogP contribution in [0.1, 0.15) is 42.0 Å². The highest BCUT2D eigenvalue weighted by Crippen LogP contribution is 2.40. The quantitative estimate of drug-likeness (QED) is 0.846. The van der Waals surface area contributed by atoms with Gasteiger partial charge in [0.15, 0.2) is 0 Å². The maximum atomic E-state index is 12.1. The lowest BCUT2D eigenvalue weighted by Crippen LogP contribution is -2.53. The van der Waals surface area contributed by atoms with Gasteiger partial charge in [0.2, 0.25) is 5.91 Å². The molecule has 3 nitrogen and oxygen atoms in total. The molecule has 0 bridgehead atoms. The summed E-state index contributed by atoms with van der Waals surface area (Å²) in [6.07, 6.45) is 0.598. The summed E-state index contributed by atoms with van der Waals surface area (Å²) >= 11 is 0. The molecular weight excluding hydrogens is 296 g/mol. The molecule has 0 aliphatic carbocycles. The van der Waals surface area contributed by atoms with Crippen LogP contribution in [0.25, 0.3) is 0 Å². The summed E-state index contributed by atoms with van der Waals surface area (Å²) in [5.74, 6) is 0.699. The number of piperazine rings is 1. The molecule has 3 heteroatoms. The lowest BCUT2D eigenvalue weighted by atomic mass is 9.80. The van der Waals surface area contributed by atoms with Gasteiger partial charge in [-0.15, -0.1) is 0 Å². The molecule has 0 radical (unpaired) electrons. The number of benzene rings is 2. The standard InChI is InChI=1S/C21H24N2O/c1-2-21(24)23-13-12-22-14-19(16-8-4-3-5-9-16)17-10-6-7-11-18(17)20(22)15-23/h3-11,19-20H,2,12-15H2,1H3. The Morgan fingerprint density at radius 1 is 0.958 bits per heavy atom. The molecule has 0 N–H and O–H groups in total. The van der Waals surface area contributed by atoms with Gasteiger partial charge >= 0.3 is 0 Å². The van der Waals surface area contributed by atoms with Gasteiger partial charge in [0.1, 0.15) is 0 Å². The number of carbonyl (C=O) groups excluding carboxylic acids is 1. The summed E-state index contributed by atoms with van der Waals surface area (Å²) in [7, 11) is 0. The van der Waals surface area contributed by atoms with E-state index in [1.54, 1.807) is 0 Å². The number of hydrogen-bond donors (Lipinski definition) is 0. The average molecular weight is 320 g/mol. The van der Waals surface area contributed by atoms with Gasteiger partial charge in [-0.1, -0.05) is 61.5 Å². The number of nitrogens with zero attached hydrogens (tertiary/aromatic N) is 2. The Morgan fingerprint density at radius 2 is 1.67 bits per heavy atom. The number of fused-ring (bicyclic) bond motifs is 3. The molecule has 2 atom stereocenters. The fourth-order valence-corrected chi connectivity index (χ4v) is 4.22. The highest BCUT2D eigenvalue weighted by Gasteiger charge is 2.37. The average Bonchev–Trinajstić information content (AvgIpc) is 2.67. The van der Waals surface area contributed by atoms with E-state index in [4.69, 9.17) is 0 Å². The first-order valence-corrected chi connectivity index (χ1v) is 8.93. The molecular formula is C21H24N2O. The van der Waals surface area contributed by atoms with Crippen LogP contribution in [0.5, 0.6) is 0 Å². The Morgan fingerprint density at radius 3 is 2.42 bits per heavy atom. The molecule has 1 saturated heterocycles. The van der Waals surface area contributed by atoms with E-state index in [-0.39, 0.29) is 5.91 Å². The molecule has 24 heavy (non-hydrogen) atoms. The molecule has 0 saturated carbocycles. The molecule has 2 aromatic rings. The zero-order chi connectivity index (χ0) is 16.5. The van der Waals surface area contributed by atoms with Gasteiger partial charge < -0.3 is 4.90 Å². The van der Waals surface area contributed by atoms with Gasteiger partial charge in [-0.2, -0.15) is 0 Å². The zero-order valence-corrected chi connectivity index (χ0v) is 14.2. The highest BCUT2D eigenvalue weighted by atomic mass is 16.2. The number of hydrogen-bond acceptors (Lipinski definition) is 2. The van der Waals surface area contributed by atoms with Gasteiger partial charge in [-0.25, -0.2) is 0 Å². The summed E-state index contributed by atoms with van der Waals surface area (Å²) in [4.78, 5) is 16.8. The van der Waals surface area contributed by atoms with E-state index in [1.807, 2.05) is 11.8 Å². The second kappa shape index (κ2) is 6.40. The van der Waals surface area contributed by atoms with Crippen LogP contribution in [0.2, 0.25) is 0 Å². The van der Waals surface area contributed by atoms with Gasteiger partial charge in [-0.05, 0) is 16.7 Å². The second-order valence-electron chi connectivity index (χ2n) is 6.80. The van der Waals surface area contributed by atoms with Crippen LogP contribution in [-0.2, 0) is 4.79 Å². The van der Waals surface area contributed by atoms with E-state index in [0.29, 0.717) is 18.4 Å². The minimum Gasteiger partial charge on any atom is -0.340 e. The van der Waals surface area contributed by atoms with Crippen LogP contribution >= 0.6 is 0 Å². The Balaban J connectivity index is 1.70. The molecule has 2 aliphatic rings. The zero-order valence-electron chi connectivity index (χ0n) is 14.2. The second-order valence-corrected chi connectivity index (χ2v) is 6.80. The predicted octanol–water partition coefficient (Wildman–Crippen LogP) is 3.43. The minimum atomic E-state index is 0.275. The fourth-order valence-electron chi connectivity index (χ4n) is 4.22. The highest BCUT2D eigenvalue weighted by molar-refractivity contribution is 5.76. The molecule has 0 spiro atoms. The van der Waals surface area contributed by atoms with Crippen molar-refractivity contribution in [3.63, 3.8) is 0 Å². The first kappa shape index (κ1) is 15.4. The monoisotopic (exact) mass is 320 g/mol. The van der Waals surface area contributed by atoms with Crippen LogP contribution in [-0.4, -0.2) is 41.9 Å². The molecule has 2 heterocycles. The third kappa shape index (κ3) is 2.63. The number of amides is 1. The molecule has 1 fully saturated rings. The SMILES string of the molecule is CCC(=O)N1CCN2CC(c3ccccc3)c3ccccc3C2C1. The van der Waals surface area contributed by atoms with Crippen molar-refractivity contribution in [2.75, 3.05) is 26.2 Å². The Bertz CT molecular complexity index is 728. The van der Waals surface area contributed by atoms with Crippen LogP contribution < -0.4 is 0 Å². The topological polar surface area (TPSA) is 23.6 Å². The van der Waals surface area contributed by atoms with Gasteiger partial charge in [0, 0.05) is 38.5 Å². The van der Waals surface area contributed by atoms with Gasteiger partial charge in [-0.3, -0.25) is 9.69 Å². The lowest BCUT2D eigenvalue weighted by molar-refractivity contribution is -0.134. The third-order valence-electron chi connectivity index (χ3n) is 5.50. The summed E-state index contributed by atoms with van der Waals surface area (Å²) < 4.78 is 0. The van der Waals surface area contributed by atoms with E-state index in [9.17, 15) is 4.79 Å². The molecule has 0 aromatic heterocycles. The molecule has 1 amide bonds. The van der Waals surface area contributed by atoms with E-state index in [2.05, 4.69) is 59.5 Å². The summed E-state index contributed by atoms with van der Waals surface area (Å²) in [5, 5.41) is 0. The predicted molar refractivity (Wildman–Crippen MR) is 95.9 cm³/mol. The first-order valence-electron chi connectivity index (χ1n) is 8.93. The Hall–Kier alpha value is -2.13. The van der Waals surface area contributed by atoms with Crippen LogP contribution in [0.4, 0.5) is 0 Å². The van der Waals surface area contributed by atoms with Gasteiger partial charge in [0.25, 0.3) is 0 Å². The summed E-state index contributed by atoms with van der Waals surface area (Å²) in [6, 6.07) is 19.9. The summed E-state index contributed by atoms with van der Waals surface area (Å²) in [5.41, 5.74) is 4.21. The van der Waals surface area contributed by atoms with Crippen LogP contribution in [0.15, 0.2) is 54.6 Å². The third-order valence-corrected chi connectivity index (χ3v) is 5.50. The molecule has 2 unspecified atom stereocenters. The largest absolute Gasteiger partial charge is 0.340 e. The van der Waals surface area contributed by atoms with E-state index >= 15 is 0 Å². The normalized spacial score (nSPS) is 23.5. The maximum Gasteiger partial charge on any atom is 0.222 e.